The quantitative estimate of drug-likeness (QED) is 0.266. The van der Waals surface area contributed by atoms with Gasteiger partial charge < -0.3 is 10.2 Å². The molecular weight excluding hydrogens is 486 g/mol. The number of hydrazone groups is 1. The van der Waals surface area contributed by atoms with Crippen molar-refractivity contribution in [3.05, 3.63) is 67.9 Å². The Kier molecular flexibility index (Phi) is 8.47. The van der Waals surface area contributed by atoms with Crippen LogP contribution in [0.1, 0.15) is 5.56 Å². The Morgan fingerprint density at radius 2 is 1.75 bits per heavy atom. The number of nitro benzene ring substituents is 1. The maximum absolute atomic E-state index is 13.1. The van der Waals surface area contributed by atoms with Crippen LogP contribution in [0.4, 0.5) is 33.6 Å². The number of halogens is 4. The molecule has 2 N–H and O–H groups in total. The highest BCUT2D eigenvalue weighted by Gasteiger charge is 2.17. The van der Waals surface area contributed by atoms with Gasteiger partial charge in [-0.25, -0.2) is 9.82 Å². The van der Waals surface area contributed by atoms with Gasteiger partial charge >= 0.3 is 0 Å². The van der Waals surface area contributed by atoms with Crippen LogP contribution in [0, 0.1) is 15.9 Å². The minimum absolute atomic E-state index is 0. The van der Waals surface area contributed by atoms with Crippen molar-refractivity contribution in [2.24, 2.45) is 5.10 Å². The molecule has 14 heteroatoms. The summed E-state index contributed by atoms with van der Waals surface area (Å²) in [5, 5.41) is 18.0. The van der Waals surface area contributed by atoms with Crippen LogP contribution in [0.5, 0.6) is 0 Å². The minimum atomic E-state index is -0.619. The second kappa shape index (κ2) is 10.8. The number of hydrogen-bond donors (Lipinski definition) is 2. The topological polar surface area (TPSA) is 121 Å². The summed E-state index contributed by atoms with van der Waals surface area (Å²) in [5.74, 6) is 0.223. The van der Waals surface area contributed by atoms with Crippen molar-refractivity contribution in [3.8, 4) is 0 Å². The first-order valence-corrected chi connectivity index (χ1v) is 9.37. The molecule has 0 bridgehead atoms. The van der Waals surface area contributed by atoms with Crippen LogP contribution in [0.15, 0.2) is 41.5 Å². The maximum atomic E-state index is 13.1. The van der Waals surface area contributed by atoms with Crippen molar-refractivity contribution in [1.82, 2.24) is 15.0 Å². The largest absolute Gasteiger partial charge is 0.347 e. The monoisotopic (exact) mass is 500 g/mol. The molecule has 0 fully saturated rings. The number of benzene rings is 2. The Morgan fingerprint density at radius 1 is 1.09 bits per heavy atom. The van der Waals surface area contributed by atoms with Gasteiger partial charge in [-0.2, -0.15) is 20.1 Å². The summed E-state index contributed by atoms with van der Waals surface area (Å²) in [6, 6.07) is 8.22. The molecule has 1 aromatic heterocycles. The summed E-state index contributed by atoms with van der Waals surface area (Å²) in [4.78, 5) is 24.8. The van der Waals surface area contributed by atoms with Crippen molar-refractivity contribution in [2.45, 2.75) is 0 Å². The molecule has 3 rings (SSSR count). The Labute approximate surface area is 198 Å². The molecule has 0 radical (unpaired) electrons. The third-order valence-corrected chi connectivity index (χ3v) is 4.51. The van der Waals surface area contributed by atoms with Crippen LogP contribution in [0.2, 0.25) is 10.0 Å². The van der Waals surface area contributed by atoms with Gasteiger partial charge in [-0.3, -0.25) is 10.1 Å². The summed E-state index contributed by atoms with van der Waals surface area (Å²) >= 11 is 12.1. The molecule has 0 aliphatic heterocycles. The highest BCUT2D eigenvalue weighted by Crippen LogP contribution is 2.31. The first-order chi connectivity index (χ1) is 14.7. The van der Waals surface area contributed by atoms with E-state index in [9.17, 15) is 14.5 Å². The molecule has 3 aromatic rings. The summed E-state index contributed by atoms with van der Waals surface area (Å²) in [6.45, 7) is 0. The van der Waals surface area contributed by atoms with Crippen molar-refractivity contribution in [2.75, 3.05) is 29.7 Å². The van der Waals surface area contributed by atoms with E-state index in [1.165, 1.54) is 42.6 Å². The lowest BCUT2D eigenvalue weighted by Crippen LogP contribution is -2.15. The minimum Gasteiger partial charge on any atom is -0.347 e. The molecule has 0 aliphatic rings. The van der Waals surface area contributed by atoms with Gasteiger partial charge in [-0.05, 0) is 30.3 Å². The fraction of sp³-hybridized carbons (Fsp3) is 0.111. The molecule has 0 spiro atoms. The molecule has 1 heterocycles. The Balaban J connectivity index is 0.00000363. The van der Waals surface area contributed by atoms with E-state index in [4.69, 9.17) is 23.2 Å². The van der Waals surface area contributed by atoms with Crippen LogP contribution >= 0.6 is 35.6 Å². The number of nitro groups is 1. The molecule has 0 saturated carbocycles. The van der Waals surface area contributed by atoms with Gasteiger partial charge in [0.1, 0.15) is 10.8 Å². The highest BCUT2D eigenvalue weighted by atomic mass is 35.5. The second-order valence-electron chi connectivity index (χ2n) is 6.23. The number of anilines is 4. The number of rotatable bonds is 7. The van der Waals surface area contributed by atoms with Gasteiger partial charge in [0.05, 0.1) is 16.2 Å². The molecule has 32 heavy (non-hydrogen) atoms. The number of aromatic nitrogens is 3. The summed E-state index contributed by atoms with van der Waals surface area (Å²) in [6.07, 6.45) is 1.23. The Morgan fingerprint density at radius 3 is 2.38 bits per heavy atom. The van der Waals surface area contributed by atoms with E-state index in [1.807, 2.05) is 0 Å². The Bertz CT molecular complexity index is 1150. The van der Waals surface area contributed by atoms with Gasteiger partial charge in [0.15, 0.2) is 0 Å². The molecule has 2 aromatic carbocycles. The van der Waals surface area contributed by atoms with Gasteiger partial charge in [-0.1, -0.05) is 23.2 Å². The first-order valence-electron chi connectivity index (χ1n) is 8.62. The number of hydrogen-bond acceptors (Lipinski definition) is 9. The van der Waals surface area contributed by atoms with E-state index in [1.54, 1.807) is 19.0 Å². The molecular formula is C18H16Cl3FN8O2. The predicted molar refractivity (Wildman–Crippen MR) is 125 cm³/mol. The Hall–Kier alpha value is -3.28. The molecule has 0 amide bonds. The third kappa shape index (κ3) is 6.13. The van der Waals surface area contributed by atoms with E-state index in [0.29, 0.717) is 11.6 Å². The van der Waals surface area contributed by atoms with Crippen LogP contribution in [-0.2, 0) is 0 Å². The molecule has 10 nitrogen and oxygen atoms in total. The fourth-order valence-corrected chi connectivity index (χ4v) is 2.84. The average Bonchev–Trinajstić information content (AvgIpc) is 2.71. The first kappa shape index (κ1) is 25.0. The van der Waals surface area contributed by atoms with Crippen LogP contribution in [0.25, 0.3) is 0 Å². The number of nitrogens with one attached hydrogen (secondary N) is 2. The molecule has 0 atom stereocenters. The highest BCUT2D eigenvalue weighted by molar-refractivity contribution is 6.40. The lowest BCUT2D eigenvalue weighted by atomic mass is 10.2. The summed E-state index contributed by atoms with van der Waals surface area (Å²) in [7, 11) is 3.49. The number of nitrogens with zero attached hydrogens (tertiary/aromatic N) is 6. The van der Waals surface area contributed by atoms with Crippen LogP contribution in [0.3, 0.4) is 0 Å². The standard InChI is InChI=1S/C18H15Cl2FN8O2.ClH/c1-28(2)18-25-16(23-11-5-3-10(21)4-6-11)24-17(26-18)27-22-9-12-13(19)7-8-14(15(12)20)29(30)31;/h3-9H,1-2H3,(H2,23,24,25,26,27);1H/b22-9+;. The van der Waals surface area contributed by atoms with Crippen LogP contribution < -0.4 is 15.6 Å². The molecule has 0 unspecified atom stereocenters. The van der Waals surface area contributed by atoms with E-state index >= 15 is 0 Å². The van der Waals surface area contributed by atoms with E-state index in [0.717, 1.165) is 0 Å². The molecule has 0 saturated heterocycles. The zero-order valence-electron chi connectivity index (χ0n) is 16.6. The zero-order valence-corrected chi connectivity index (χ0v) is 18.9. The molecule has 168 valence electrons. The zero-order chi connectivity index (χ0) is 22.5. The van der Waals surface area contributed by atoms with E-state index < -0.39 is 4.92 Å². The van der Waals surface area contributed by atoms with Crippen LogP contribution in [-0.4, -0.2) is 40.2 Å². The van der Waals surface area contributed by atoms with Gasteiger partial charge in [0.25, 0.3) is 5.69 Å². The van der Waals surface area contributed by atoms with Gasteiger partial charge in [-0.15, -0.1) is 12.4 Å². The summed E-state index contributed by atoms with van der Waals surface area (Å²) < 4.78 is 13.1. The third-order valence-electron chi connectivity index (χ3n) is 3.79. The lowest BCUT2D eigenvalue weighted by molar-refractivity contribution is -0.384. The van der Waals surface area contributed by atoms with Gasteiger partial charge in [0, 0.05) is 31.4 Å². The van der Waals surface area contributed by atoms with E-state index in [2.05, 4.69) is 30.8 Å². The van der Waals surface area contributed by atoms with Crippen molar-refractivity contribution in [1.29, 1.82) is 0 Å². The predicted octanol–water partition coefficient (Wildman–Crippen LogP) is 4.90. The van der Waals surface area contributed by atoms with Crippen molar-refractivity contribution in [3.63, 3.8) is 0 Å². The average molecular weight is 502 g/mol. The second-order valence-corrected chi connectivity index (χ2v) is 7.02. The summed E-state index contributed by atoms with van der Waals surface area (Å²) in [5.41, 5.74) is 3.06. The van der Waals surface area contributed by atoms with Crippen molar-refractivity contribution >= 4 is 71.0 Å². The van der Waals surface area contributed by atoms with Crippen molar-refractivity contribution < 1.29 is 9.31 Å². The van der Waals surface area contributed by atoms with E-state index in [-0.39, 0.29) is 51.4 Å². The molecule has 0 aliphatic carbocycles. The van der Waals surface area contributed by atoms with Gasteiger partial charge in [0.2, 0.25) is 17.8 Å². The lowest BCUT2D eigenvalue weighted by Gasteiger charge is -2.13. The SMILES string of the molecule is CN(C)c1nc(N/N=C/c2c(Cl)ccc([N+](=O)[O-])c2Cl)nc(Nc2ccc(F)cc2)n1.Cl. The smallest absolute Gasteiger partial charge is 0.288 e. The normalized spacial score (nSPS) is 10.5. The maximum Gasteiger partial charge on any atom is 0.288 e. The fourth-order valence-electron chi connectivity index (χ4n) is 2.30.